The van der Waals surface area contributed by atoms with Gasteiger partial charge < -0.3 is 24.8 Å². The van der Waals surface area contributed by atoms with Crippen molar-refractivity contribution in [2.24, 2.45) is 11.8 Å². The van der Waals surface area contributed by atoms with Gasteiger partial charge in [0.05, 0.1) is 0 Å². The number of fused-ring (bicyclic) bond motifs is 3. The van der Waals surface area contributed by atoms with E-state index in [1.165, 1.54) is 44.5 Å². The fourth-order valence-corrected chi connectivity index (χ4v) is 18.7. The van der Waals surface area contributed by atoms with E-state index in [9.17, 15) is 0 Å². The number of allylic oxidation sites excluding steroid dienone is 4. The van der Waals surface area contributed by atoms with Crippen LogP contribution in [0.4, 0.5) is 0 Å². The fourth-order valence-electron chi connectivity index (χ4n) is 8.73. The van der Waals surface area contributed by atoms with Crippen LogP contribution in [0.3, 0.4) is 0 Å². The van der Waals surface area contributed by atoms with Crippen molar-refractivity contribution >= 4 is 3.21 Å². The fraction of sp³-hybridized carbons (Fsp3) is 0.442. The molecule has 55 heavy (non-hydrogen) atoms. The van der Waals surface area contributed by atoms with Gasteiger partial charge in [0.25, 0.3) is 0 Å². The summed E-state index contributed by atoms with van der Waals surface area (Å²) in [6, 6.07) is 34.7. The van der Waals surface area contributed by atoms with E-state index in [0.717, 1.165) is 0 Å². The topological polar surface area (TPSA) is 0 Å². The van der Waals surface area contributed by atoms with Crippen LogP contribution in [0.25, 0.3) is 11.1 Å². The molecule has 2 aliphatic carbocycles. The molecule has 0 amide bonds. The van der Waals surface area contributed by atoms with E-state index in [-0.39, 0.29) is 46.5 Å². The first-order chi connectivity index (χ1) is 24.5. The van der Waals surface area contributed by atoms with Crippen molar-refractivity contribution < 1.29 is 46.1 Å². The minimum Gasteiger partial charge on any atom is -1.00 e. The van der Waals surface area contributed by atoms with Gasteiger partial charge in [0.15, 0.2) is 0 Å². The Hall–Kier alpha value is -2.31. The third-order valence-corrected chi connectivity index (χ3v) is 21.2. The van der Waals surface area contributed by atoms with Crippen LogP contribution in [0.5, 0.6) is 0 Å². The van der Waals surface area contributed by atoms with Crippen LogP contribution in [0, 0.1) is 11.8 Å². The van der Waals surface area contributed by atoms with E-state index in [4.69, 9.17) is 0 Å². The van der Waals surface area contributed by atoms with Crippen molar-refractivity contribution in [3.8, 4) is 11.1 Å². The molecule has 0 aromatic heterocycles. The van der Waals surface area contributed by atoms with E-state index < -0.39 is 21.3 Å². The number of hydrogen-bond acceptors (Lipinski definition) is 0. The summed E-state index contributed by atoms with van der Waals surface area (Å²) in [5.41, 5.74) is 18.0. The molecule has 292 valence electrons. The first-order valence-electron chi connectivity index (χ1n) is 20.2. The largest absolute Gasteiger partial charge is 1.00 e. The second kappa shape index (κ2) is 16.2. The maximum absolute atomic E-state index is 2.98. The van der Waals surface area contributed by atoms with E-state index in [1.54, 1.807) is 28.8 Å². The molecule has 0 fully saturated rings. The van der Waals surface area contributed by atoms with Crippen LogP contribution in [0.2, 0.25) is 0 Å². The number of halogens is 2. The van der Waals surface area contributed by atoms with Crippen LogP contribution in [0.15, 0.2) is 105 Å². The summed E-state index contributed by atoms with van der Waals surface area (Å²) in [5.74, 6) is 0.932. The molecule has 3 heteroatoms. The zero-order valence-electron chi connectivity index (χ0n) is 36.6. The van der Waals surface area contributed by atoms with Crippen LogP contribution in [0.1, 0.15) is 159 Å². The maximum Gasteiger partial charge on any atom is -1.00 e. The summed E-state index contributed by atoms with van der Waals surface area (Å²) in [6.07, 6.45) is 2.63. The molecule has 0 nitrogen and oxygen atoms in total. The van der Waals surface area contributed by atoms with Crippen molar-refractivity contribution in [1.29, 1.82) is 0 Å². The van der Waals surface area contributed by atoms with E-state index >= 15 is 0 Å². The Morgan fingerprint density at radius 1 is 0.527 bits per heavy atom. The van der Waals surface area contributed by atoms with Crippen molar-refractivity contribution in [3.05, 3.63) is 150 Å². The second-order valence-electron chi connectivity index (χ2n) is 20.6. The number of rotatable bonds is 5. The molecule has 1 atom stereocenters. The van der Waals surface area contributed by atoms with Crippen molar-refractivity contribution in [2.75, 3.05) is 0 Å². The van der Waals surface area contributed by atoms with Gasteiger partial charge in [-0.15, -0.1) is 0 Å². The molecule has 0 heterocycles. The van der Waals surface area contributed by atoms with Gasteiger partial charge in [-0.1, -0.05) is 0 Å². The molecule has 0 radical (unpaired) electrons. The van der Waals surface area contributed by atoms with Gasteiger partial charge in [-0.2, -0.15) is 0 Å². The number of hydrogen-bond donors (Lipinski definition) is 0. The molecule has 1 unspecified atom stereocenters. The summed E-state index contributed by atoms with van der Waals surface area (Å²) in [4.78, 5) is 0. The molecular weight excluding hydrogens is 787 g/mol. The van der Waals surface area contributed by atoms with Gasteiger partial charge in [0.2, 0.25) is 0 Å². The smallest absolute Gasteiger partial charge is 1.00 e. The third-order valence-electron chi connectivity index (χ3n) is 12.0. The summed E-state index contributed by atoms with van der Waals surface area (Å²) in [6.45, 7) is 37.9. The molecular formula is C52H66Cl2Zr. The van der Waals surface area contributed by atoms with Crippen LogP contribution in [-0.4, -0.2) is 3.21 Å². The quantitative estimate of drug-likeness (QED) is 0.190. The van der Waals surface area contributed by atoms with Crippen LogP contribution in [-0.2, 0) is 42.9 Å². The molecule has 0 bridgehead atoms. The van der Waals surface area contributed by atoms with Crippen LogP contribution >= 0.6 is 0 Å². The molecule has 4 aromatic rings. The Morgan fingerprint density at radius 2 is 0.873 bits per heavy atom. The maximum atomic E-state index is 2.63. The minimum atomic E-state index is -2.98. The normalized spacial score (nSPS) is 15.9. The first kappa shape index (κ1) is 45.4. The van der Waals surface area contributed by atoms with Gasteiger partial charge in [-0.25, -0.2) is 0 Å². The minimum absolute atomic E-state index is 0. The summed E-state index contributed by atoms with van der Waals surface area (Å²) < 4.78 is 3.78. The molecule has 0 saturated carbocycles. The Bertz CT molecular complexity index is 2010. The molecule has 2 aliphatic rings. The zero-order chi connectivity index (χ0) is 39.0. The Balaban J connectivity index is 0.00000336. The average Bonchev–Trinajstić information content (AvgIpc) is 3.54. The van der Waals surface area contributed by atoms with E-state index in [1.807, 2.05) is 0 Å². The molecule has 0 aliphatic heterocycles. The standard InChI is InChI=1S/C21H25.C21H26.C10H15.2ClH.Zr/c1-20(2,3)16-9-7-14-11-15-8-10-17(21(4,5)6)13-19(15)18(14)12-16;1-20(2,3)18-11-7-16(8-12-18)15-17-9-13-19(14-10-17)21(4,5)6;1-7(2)10-6-8(3)5-9(10)4;;;/h7-13H,1-6H3;7-14H,1-6H3;6-8H,1-4H3;2*1H;/q;;;;;+2/p-2. The van der Waals surface area contributed by atoms with E-state index in [0.29, 0.717) is 15.5 Å². The van der Waals surface area contributed by atoms with Gasteiger partial charge in [0.1, 0.15) is 0 Å². The van der Waals surface area contributed by atoms with E-state index in [2.05, 4.69) is 202 Å². The Labute approximate surface area is 355 Å². The van der Waals surface area contributed by atoms with Crippen molar-refractivity contribution in [1.82, 2.24) is 0 Å². The van der Waals surface area contributed by atoms with Gasteiger partial charge in [-0.3, -0.25) is 0 Å². The second-order valence-corrected chi connectivity index (χ2v) is 26.6. The summed E-state index contributed by atoms with van der Waals surface area (Å²) in [7, 11) is 0. The van der Waals surface area contributed by atoms with Gasteiger partial charge in [0, 0.05) is 0 Å². The molecule has 0 saturated heterocycles. The number of benzene rings is 4. The van der Waals surface area contributed by atoms with Crippen LogP contribution < -0.4 is 24.8 Å². The van der Waals surface area contributed by atoms with Gasteiger partial charge >= 0.3 is 333 Å². The monoisotopic (exact) mass is 850 g/mol. The summed E-state index contributed by atoms with van der Waals surface area (Å²) >= 11 is -2.98. The zero-order valence-corrected chi connectivity index (χ0v) is 40.6. The van der Waals surface area contributed by atoms with Gasteiger partial charge in [-0.05, 0) is 0 Å². The first-order valence-corrected chi connectivity index (χ1v) is 24.0. The Kier molecular flexibility index (Phi) is 13.3. The molecule has 0 N–H and O–H groups in total. The molecule has 0 spiro atoms. The average molecular weight is 853 g/mol. The third kappa shape index (κ3) is 8.91. The molecule has 4 aromatic carbocycles. The summed E-state index contributed by atoms with van der Waals surface area (Å²) in [5, 5.41) is 0. The SMILES string of the molecule is CC1=[C]([Zr+2](=[C](c2ccc(C(C)(C)C)cc2)c2ccc(C(C)(C)C)cc2)[CH]2c3ccc(C(C)(C)C)cc3-c3cc(C(C)(C)C)ccc32)C(C)C=C1C(C)C.[Cl-].[Cl-]. The molecule has 6 rings (SSSR count). The predicted molar refractivity (Wildman–Crippen MR) is 229 cm³/mol. The Morgan fingerprint density at radius 3 is 1.18 bits per heavy atom. The predicted octanol–water partition coefficient (Wildman–Crippen LogP) is 8.35. The van der Waals surface area contributed by atoms with Crippen molar-refractivity contribution in [2.45, 2.75) is 136 Å². The van der Waals surface area contributed by atoms with Crippen molar-refractivity contribution in [3.63, 3.8) is 0 Å².